The van der Waals surface area contributed by atoms with Crippen molar-refractivity contribution in [2.75, 3.05) is 0 Å². The number of aliphatic imine (C=N–C) groups is 1. The molecule has 1 aromatic heterocycles. The Labute approximate surface area is 130 Å². The van der Waals surface area contributed by atoms with Gasteiger partial charge in [-0.2, -0.15) is 0 Å². The summed E-state index contributed by atoms with van der Waals surface area (Å²) in [6, 6.07) is 9.68. The molecule has 0 bridgehead atoms. The summed E-state index contributed by atoms with van der Waals surface area (Å²) >= 11 is 0. The van der Waals surface area contributed by atoms with Crippen molar-refractivity contribution in [3.8, 4) is 5.75 Å². The largest absolute Gasteiger partial charge is 0.505 e. The van der Waals surface area contributed by atoms with E-state index in [1.807, 2.05) is 0 Å². The molecule has 2 aromatic carbocycles. The van der Waals surface area contributed by atoms with E-state index in [0.717, 1.165) is 18.2 Å². The SMILES string of the molecule is CC(=O)n1c(C=Nc2cc(F)cc(F)c2)c(O)c2ccccc21. The Balaban J connectivity index is 2.16. The summed E-state index contributed by atoms with van der Waals surface area (Å²) < 4.78 is 27.7. The molecule has 0 aliphatic heterocycles. The molecule has 3 rings (SSSR count). The number of rotatable bonds is 2. The number of fused-ring (bicyclic) bond motifs is 1. The van der Waals surface area contributed by atoms with Crippen LogP contribution in [0, 0.1) is 11.6 Å². The van der Waals surface area contributed by atoms with Crippen molar-refractivity contribution in [1.29, 1.82) is 0 Å². The normalized spacial score (nSPS) is 11.4. The first-order chi connectivity index (χ1) is 11.0. The Morgan fingerprint density at radius 3 is 2.48 bits per heavy atom. The monoisotopic (exact) mass is 314 g/mol. The third-order valence-electron chi connectivity index (χ3n) is 3.38. The molecule has 0 fully saturated rings. The summed E-state index contributed by atoms with van der Waals surface area (Å²) in [5.41, 5.74) is 0.731. The maximum absolute atomic E-state index is 13.2. The van der Waals surface area contributed by atoms with Crippen LogP contribution < -0.4 is 0 Å². The van der Waals surface area contributed by atoms with E-state index in [2.05, 4.69) is 4.99 Å². The fourth-order valence-electron chi connectivity index (χ4n) is 2.45. The van der Waals surface area contributed by atoms with Crippen molar-refractivity contribution in [2.24, 2.45) is 4.99 Å². The number of benzene rings is 2. The predicted octanol–water partition coefficient (Wildman–Crippen LogP) is 4.04. The number of nitrogens with zero attached hydrogens (tertiary/aromatic N) is 2. The Bertz CT molecular complexity index is 925. The van der Waals surface area contributed by atoms with E-state index < -0.39 is 11.6 Å². The summed E-state index contributed by atoms with van der Waals surface area (Å²) in [6.07, 6.45) is 1.21. The van der Waals surface area contributed by atoms with E-state index in [9.17, 15) is 18.7 Å². The van der Waals surface area contributed by atoms with Crippen molar-refractivity contribution in [3.63, 3.8) is 0 Å². The van der Waals surface area contributed by atoms with Crippen LogP contribution in [0.25, 0.3) is 10.9 Å². The molecule has 0 spiro atoms. The maximum Gasteiger partial charge on any atom is 0.228 e. The van der Waals surface area contributed by atoms with Gasteiger partial charge in [0.1, 0.15) is 17.3 Å². The molecule has 6 heteroatoms. The van der Waals surface area contributed by atoms with Crippen LogP contribution >= 0.6 is 0 Å². The number of para-hydroxylation sites is 1. The molecular formula is C17H12F2N2O2. The van der Waals surface area contributed by atoms with Gasteiger partial charge in [0, 0.05) is 18.4 Å². The summed E-state index contributed by atoms with van der Waals surface area (Å²) in [4.78, 5) is 15.8. The number of carbonyl (C=O) groups excluding carboxylic acids is 1. The highest BCUT2D eigenvalue weighted by molar-refractivity contribution is 6.04. The minimum Gasteiger partial charge on any atom is -0.505 e. The Morgan fingerprint density at radius 2 is 1.83 bits per heavy atom. The molecule has 116 valence electrons. The molecule has 0 unspecified atom stereocenters. The lowest BCUT2D eigenvalue weighted by Crippen LogP contribution is -2.08. The van der Waals surface area contributed by atoms with Crippen molar-refractivity contribution in [2.45, 2.75) is 6.92 Å². The second-order valence-electron chi connectivity index (χ2n) is 4.99. The molecule has 0 aliphatic rings. The first kappa shape index (κ1) is 14.9. The lowest BCUT2D eigenvalue weighted by atomic mass is 10.2. The van der Waals surface area contributed by atoms with Gasteiger partial charge in [-0.15, -0.1) is 0 Å². The third kappa shape index (κ3) is 2.70. The molecule has 1 N–H and O–H groups in total. The molecule has 0 radical (unpaired) electrons. The van der Waals surface area contributed by atoms with Crippen molar-refractivity contribution in [3.05, 3.63) is 59.8 Å². The van der Waals surface area contributed by atoms with E-state index in [1.165, 1.54) is 17.7 Å². The molecule has 0 saturated carbocycles. The van der Waals surface area contributed by atoms with E-state index in [0.29, 0.717) is 10.9 Å². The number of hydrogen-bond donors (Lipinski definition) is 1. The Morgan fingerprint density at radius 1 is 1.17 bits per heavy atom. The van der Waals surface area contributed by atoms with Gasteiger partial charge in [0.15, 0.2) is 5.75 Å². The highest BCUT2D eigenvalue weighted by atomic mass is 19.1. The van der Waals surface area contributed by atoms with Crippen molar-refractivity contribution >= 4 is 28.7 Å². The van der Waals surface area contributed by atoms with Gasteiger partial charge in [0.2, 0.25) is 5.91 Å². The van der Waals surface area contributed by atoms with Crippen LogP contribution in [0.3, 0.4) is 0 Å². The number of halogens is 2. The zero-order valence-corrected chi connectivity index (χ0v) is 12.1. The minimum atomic E-state index is -0.756. The van der Waals surface area contributed by atoms with Crippen LogP contribution in [-0.4, -0.2) is 21.8 Å². The fraction of sp³-hybridized carbons (Fsp3) is 0.0588. The fourth-order valence-corrected chi connectivity index (χ4v) is 2.45. The molecule has 0 amide bonds. The number of hydrogen-bond acceptors (Lipinski definition) is 3. The van der Waals surface area contributed by atoms with Gasteiger partial charge in [-0.05, 0) is 24.3 Å². The van der Waals surface area contributed by atoms with E-state index in [-0.39, 0.29) is 23.0 Å². The zero-order valence-electron chi connectivity index (χ0n) is 12.1. The molecule has 0 saturated heterocycles. The quantitative estimate of drug-likeness (QED) is 0.726. The summed E-state index contributed by atoms with van der Waals surface area (Å²) in [6.45, 7) is 1.35. The second kappa shape index (κ2) is 5.64. The average molecular weight is 314 g/mol. The molecular weight excluding hydrogens is 302 g/mol. The molecule has 3 aromatic rings. The third-order valence-corrected chi connectivity index (χ3v) is 3.38. The lowest BCUT2D eigenvalue weighted by molar-refractivity contribution is 0.0940. The molecule has 0 atom stereocenters. The van der Waals surface area contributed by atoms with Crippen LogP contribution in [0.15, 0.2) is 47.5 Å². The van der Waals surface area contributed by atoms with Gasteiger partial charge in [-0.25, -0.2) is 8.78 Å². The van der Waals surface area contributed by atoms with Crippen LogP contribution in [-0.2, 0) is 0 Å². The van der Waals surface area contributed by atoms with Crippen molar-refractivity contribution < 1.29 is 18.7 Å². The van der Waals surface area contributed by atoms with Gasteiger partial charge in [-0.1, -0.05) is 12.1 Å². The smallest absolute Gasteiger partial charge is 0.228 e. The standard InChI is InChI=1S/C17H12F2N2O2/c1-10(22)21-15-5-3-2-4-14(15)17(23)16(21)9-20-13-7-11(18)6-12(19)8-13/h2-9,23H,1H3. The van der Waals surface area contributed by atoms with Gasteiger partial charge >= 0.3 is 0 Å². The minimum absolute atomic E-state index is 0.0438. The second-order valence-corrected chi connectivity index (χ2v) is 4.99. The first-order valence-electron chi connectivity index (χ1n) is 6.81. The van der Waals surface area contributed by atoms with Gasteiger partial charge in [0.25, 0.3) is 0 Å². The average Bonchev–Trinajstić information content (AvgIpc) is 2.77. The highest BCUT2D eigenvalue weighted by Gasteiger charge is 2.17. The lowest BCUT2D eigenvalue weighted by Gasteiger charge is -2.02. The molecule has 1 heterocycles. The topological polar surface area (TPSA) is 54.6 Å². The van der Waals surface area contributed by atoms with Gasteiger partial charge in [0.05, 0.1) is 17.4 Å². The molecule has 0 aliphatic carbocycles. The van der Waals surface area contributed by atoms with E-state index in [4.69, 9.17) is 0 Å². The molecule has 4 nitrogen and oxygen atoms in total. The maximum atomic E-state index is 13.2. The molecule has 23 heavy (non-hydrogen) atoms. The van der Waals surface area contributed by atoms with E-state index >= 15 is 0 Å². The van der Waals surface area contributed by atoms with Crippen LogP contribution in [0.1, 0.15) is 17.4 Å². The summed E-state index contributed by atoms with van der Waals surface area (Å²) in [5, 5.41) is 10.8. The van der Waals surface area contributed by atoms with Crippen LogP contribution in [0.2, 0.25) is 0 Å². The Kier molecular flexibility index (Phi) is 3.65. The Hall–Kier alpha value is -3.02. The van der Waals surface area contributed by atoms with Gasteiger partial charge in [-0.3, -0.25) is 14.4 Å². The highest BCUT2D eigenvalue weighted by Crippen LogP contribution is 2.31. The number of carbonyl (C=O) groups is 1. The van der Waals surface area contributed by atoms with Crippen LogP contribution in [0.4, 0.5) is 14.5 Å². The first-order valence-corrected chi connectivity index (χ1v) is 6.81. The van der Waals surface area contributed by atoms with E-state index in [1.54, 1.807) is 24.3 Å². The number of aromatic nitrogens is 1. The number of aromatic hydroxyl groups is 1. The summed E-state index contributed by atoms with van der Waals surface area (Å²) in [7, 11) is 0. The van der Waals surface area contributed by atoms with Gasteiger partial charge < -0.3 is 5.11 Å². The zero-order chi connectivity index (χ0) is 16.6. The van der Waals surface area contributed by atoms with Crippen LogP contribution in [0.5, 0.6) is 5.75 Å². The summed E-state index contributed by atoms with van der Waals surface area (Å²) in [5.74, 6) is -1.94. The van der Waals surface area contributed by atoms with Crippen molar-refractivity contribution in [1.82, 2.24) is 4.57 Å². The predicted molar refractivity (Wildman–Crippen MR) is 83.5 cm³/mol.